The number of aromatic nitrogens is 2. The first-order chi connectivity index (χ1) is 15.9. The van der Waals surface area contributed by atoms with Gasteiger partial charge in [-0.2, -0.15) is 5.10 Å². The molecule has 0 spiro atoms. The molecule has 9 heteroatoms. The van der Waals surface area contributed by atoms with Gasteiger partial charge in [0.15, 0.2) is 0 Å². The van der Waals surface area contributed by atoms with E-state index in [1.165, 1.54) is 21.8 Å². The summed E-state index contributed by atoms with van der Waals surface area (Å²) in [5.41, 5.74) is 1.11. The van der Waals surface area contributed by atoms with Gasteiger partial charge in [0.1, 0.15) is 17.5 Å². The number of amides is 2. The average Bonchev–Trinajstić information content (AvgIpc) is 3.15. The largest absolute Gasteiger partial charge is 0.497 e. The molecule has 33 heavy (non-hydrogen) atoms. The maximum Gasteiger partial charge on any atom is 0.290 e. The summed E-state index contributed by atoms with van der Waals surface area (Å²) in [7, 11) is 1.58. The number of carbonyl (C=O) groups excluding carboxylic acids is 2. The normalized spacial score (nSPS) is 17.8. The molecule has 4 rings (SSSR count). The summed E-state index contributed by atoms with van der Waals surface area (Å²) >= 11 is 5.92. The highest BCUT2D eigenvalue weighted by molar-refractivity contribution is 6.30. The molecule has 1 N–H and O–H groups in total. The summed E-state index contributed by atoms with van der Waals surface area (Å²) in [6.45, 7) is 2.42. The molecule has 8 nitrogen and oxygen atoms in total. The summed E-state index contributed by atoms with van der Waals surface area (Å²) < 4.78 is 6.53. The van der Waals surface area contributed by atoms with Crippen molar-refractivity contribution in [1.82, 2.24) is 15.1 Å². The Labute approximate surface area is 195 Å². The van der Waals surface area contributed by atoms with Crippen LogP contribution in [0.3, 0.4) is 0 Å². The first-order valence-electron chi connectivity index (χ1n) is 10.5. The number of aryl methyl sites for hydroxylation is 1. The number of hydrogen-bond donors (Lipinski definition) is 1. The van der Waals surface area contributed by atoms with Gasteiger partial charge in [0.2, 0.25) is 5.91 Å². The molecule has 1 aliphatic heterocycles. The third kappa shape index (κ3) is 4.47. The van der Waals surface area contributed by atoms with Crippen LogP contribution in [0.5, 0.6) is 5.75 Å². The number of nitrogens with one attached hydrogen (secondary N) is 1. The Morgan fingerprint density at radius 1 is 1.12 bits per heavy atom. The molecule has 2 amide bonds. The number of rotatable bonds is 6. The fourth-order valence-electron chi connectivity index (χ4n) is 3.96. The van der Waals surface area contributed by atoms with Crippen LogP contribution in [0, 0.1) is 0 Å². The highest BCUT2D eigenvalue weighted by Gasteiger charge is 2.43. The van der Waals surface area contributed by atoms with Gasteiger partial charge < -0.3 is 15.0 Å². The van der Waals surface area contributed by atoms with E-state index in [4.69, 9.17) is 16.3 Å². The van der Waals surface area contributed by atoms with Crippen molar-refractivity contribution in [1.29, 1.82) is 0 Å². The van der Waals surface area contributed by atoms with Gasteiger partial charge in [-0.15, -0.1) is 0 Å². The molecule has 0 radical (unpaired) electrons. The molecule has 1 aliphatic rings. The molecule has 170 valence electrons. The lowest BCUT2D eigenvalue weighted by molar-refractivity contribution is -0.118. The second-order valence-corrected chi connectivity index (χ2v) is 8.06. The lowest BCUT2D eigenvalue weighted by Gasteiger charge is -2.19. The quantitative estimate of drug-likeness (QED) is 0.603. The molecular weight excluding hydrogens is 444 g/mol. The first-order valence-corrected chi connectivity index (χ1v) is 10.9. The van der Waals surface area contributed by atoms with Gasteiger partial charge in [-0.05, 0) is 55.0 Å². The number of carbonyl (C=O) groups is 2. The summed E-state index contributed by atoms with van der Waals surface area (Å²) in [5, 5.41) is 7.41. The van der Waals surface area contributed by atoms with Crippen LogP contribution in [0.1, 0.15) is 28.8 Å². The third-order valence-corrected chi connectivity index (χ3v) is 5.98. The van der Waals surface area contributed by atoms with Crippen LogP contribution in [0.25, 0.3) is 0 Å². The van der Waals surface area contributed by atoms with Gasteiger partial charge in [-0.25, -0.2) is 4.68 Å². The molecule has 0 bridgehead atoms. The Hall–Kier alpha value is -3.65. The van der Waals surface area contributed by atoms with Crippen LogP contribution in [0.4, 0.5) is 5.69 Å². The minimum atomic E-state index is -0.857. The highest BCUT2D eigenvalue weighted by atomic mass is 35.5. The lowest BCUT2D eigenvalue weighted by atomic mass is 9.93. The van der Waals surface area contributed by atoms with E-state index < -0.39 is 11.9 Å². The van der Waals surface area contributed by atoms with Crippen molar-refractivity contribution < 1.29 is 14.3 Å². The van der Waals surface area contributed by atoms with E-state index in [2.05, 4.69) is 10.4 Å². The van der Waals surface area contributed by atoms with Crippen molar-refractivity contribution in [3.63, 3.8) is 0 Å². The van der Waals surface area contributed by atoms with E-state index >= 15 is 0 Å². The Morgan fingerprint density at radius 3 is 2.45 bits per heavy atom. The van der Waals surface area contributed by atoms with Gasteiger partial charge in [-0.3, -0.25) is 14.4 Å². The van der Waals surface area contributed by atoms with Crippen LogP contribution in [-0.2, 0) is 11.3 Å². The third-order valence-electron chi connectivity index (χ3n) is 5.73. The summed E-state index contributed by atoms with van der Waals surface area (Å²) in [6, 6.07) is 14.4. The summed E-state index contributed by atoms with van der Waals surface area (Å²) in [5.74, 6) is -0.445. The molecule has 1 fully saturated rings. The molecular formula is C24H23ClN4O4. The second-order valence-electron chi connectivity index (χ2n) is 7.62. The second kappa shape index (κ2) is 9.46. The number of methoxy groups -OCH3 is 1. The van der Waals surface area contributed by atoms with Crippen LogP contribution in [0.15, 0.2) is 65.6 Å². The van der Waals surface area contributed by atoms with Crippen LogP contribution >= 0.6 is 11.6 Å². The topological polar surface area (TPSA) is 93.5 Å². The fraction of sp³-hybridized carbons (Fsp3) is 0.250. The van der Waals surface area contributed by atoms with Crippen LogP contribution < -0.4 is 20.5 Å². The first kappa shape index (κ1) is 22.5. The van der Waals surface area contributed by atoms with Gasteiger partial charge in [0, 0.05) is 35.8 Å². The monoisotopic (exact) mass is 466 g/mol. The van der Waals surface area contributed by atoms with Crippen molar-refractivity contribution >= 4 is 29.1 Å². The standard InChI is InChI=1S/C24H23ClN4O4/c1-3-29-23(31)20(12-13-26-29)28-14-19(15-6-10-18(33-2)11-7-15)21(24(28)32)27-22(30)16-4-8-17(25)9-5-16/h4-13,19,21H,3,14H2,1-2H3,(H,27,30)/t19-,21-/m0/s1. The van der Waals surface area contributed by atoms with Crippen molar-refractivity contribution in [2.45, 2.75) is 25.4 Å². The Morgan fingerprint density at radius 2 is 1.82 bits per heavy atom. The number of nitrogens with zero attached hydrogens (tertiary/aromatic N) is 3. The van der Waals surface area contributed by atoms with Crippen LogP contribution in [-0.4, -0.2) is 41.3 Å². The van der Waals surface area contributed by atoms with E-state index in [0.717, 1.165) is 5.56 Å². The fourth-order valence-corrected chi connectivity index (χ4v) is 4.08. The zero-order chi connectivity index (χ0) is 23.5. The van der Waals surface area contributed by atoms with Crippen molar-refractivity contribution in [3.8, 4) is 5.75 Å². The maximum absolute atomic E-state index is 13.5. The Balaban J connectivity index is 1.70. The molecule has 0 aliphatic carbocycles. The zero-order valence-electron chi connectivity index (χ0n) is 18.2. The molecule has 2 atom stereocenters. The van der Waals surface area contributed by atoms with Gasteiger partial charge >= 0.3 is 0 Å². The molecule has 2 heterocycles. The minimum Gasteiger partial charge on any atom is -0.497 e. The van der Waals surface area contributed by atoms with Crippen molar-refractivity contribution in [2.75, 3.05) is 18.6 Å². The van der Waals surface area contributed by atoms with E-state index in [1.54, 1.807) is 50.4 Å². The number of ether oxygens (including phenoxy) is 1. The zero-order valence-corrected chi connectivity index (χ0v) is 19.0. The molecule has 2 aromatic carbocycles. The molecule has 1 saturated heterocycles. The Bertz CT molecular complexity index is 1220. The lowest BCUT2D eigenvalue weighted by Crippen LogP contribution is -2.44. The number of anilines is 1. The predicted octanol–water partition coefficient (Wildman–Crippen LogP) is 2.85. The highest BCUT2D eigenvalue weighted by Crippen LogP contribution is 2.32. The smallest absolute Gasteiger partial charge is 0.290 e. The van der Waals surface area contributed by atoms with E-state index in [1.807, 2.05) is 12.1 Å². The molecule has 1 aromatic heterocycles. The molecule has 3 aromatic rings. The SMILES string of the molecule is CCn1nccc(N2C[C@@H](c3ccc(OC)cc3)[C@H](NC(=O)c3ccc(Cl)cc3)C2=O)c1=O. The van der Waals surface area contributed by atoms with E-state index in [-0.39, 0.29) is 29.6 Å². The maximum atomic E-state index is 13.5. The molecule has 0 unspecified atom stereocenters. The van der Waals surface area contributed by atoms with Gasteiger partial charge in [0.05, 0.1) is 7.11 Å². The van der Waals surface area contributed by atoms with Gasteiger partial charge in [-0.1, -0.05) is 23.7 Å². The van der Waals surface area contributed by atoms with E-state index in [9.17, 15) is 14.4 Å². The van der Waals surface area contributed by atoms with Gasteiger partial charge in [0.25, 0.3) is 11.5 Å². The van der Waals surface area contributed by atoms with Crippen LogP contribution in [0.2, 0.25) is 5.02 Å². The Kier molecular flexibility index (Phi) is 6.46. The van der Waals surface area contributed by atoms with Crippen molar-refractivity contribution in [2.24, 2.45) is 0 Å². The number of hydrogen-bond acceptors (Lipinski definition) is 5. The van der Waals surface area contributed by atoms with E-state index in [0.29, 0.717) is 22.9 Å². The average molecular weight is 467 g/mol. The number of halogens is 1. The summed E-state index contributed by atoms with van der Waals surface area (Å²) in [4.78, 5) is 40.7. The predicted molar refractivity (Wildman–Crippen MR) is 125 cm³/mol. The summed E-state index contributed by atoms with van der Waals surface area (Å²) in [6.07, 6.45) is 1.50. The minimum absolute atomic E-state index is 0.235. The van der Waals surface area contributed by atoms with Crippen molar-refractivity contribution in [3.05, 3.63) is 87.3 Å². The number of benzene rings is 2. The molecule has 0 saturated carbocycles.